The van der Waals surface area contributed by atoms with Gasteiger partial charge in [0.05, 0.1) is 7.11 Å². The van der Waals surface area contributed by atoms with Crippen LogP contribution in [0.1, 0.15) is 23.7 Å². The van der Waals surface area contributed by atoms with Crippen LogP contribution in [0.5, 0.6) is 5.75 Å². The summed E-state index contributed by atoms with van der Waals surface area (Å²) in [6, 6.07) is 4.70. The van der Waals surface area contributed by atoms with Gasteiger partial charge >= 0.3 is 5.97 Å². The van der Waals surface area contributed by atoms with Gasteiger partial charge in [0.2, 0.25) is 0 Å². The minimum absolute atomic E-state index is 0.270. The van der Waals surface area contributed by atoms with Crippen molar-refractivity contribution in [3.63, 3.8) is 0 Å². The van der Waals surface area contributed by atoms with Crippen LogP contribution >= 0.6 is 0 Å². The van der Waals surface area contributed by atoms with Crippen molar-refractivity contribution < 1.29 is 24.5 Å². The molecule has 0 aliphatic heterocycles. The van der Waals surface area contributed by atoms with Gasteiger partial charge in [-0.3, -0.25) is 0 Å². The van der Waals surface area contributed by atoms with Crippen LogP contribution in [0.25, 0.3) is 0 Å². The SMILES string of the molecule is COc1ccc(C(O)C(=O)O)c(CCC=O)c1. The third-order valence-corrected chi connectivity index (χ3v) is 2.41. The molecule has 0 aliphatic rings. The Labute approximate surface area is 98.6 Å². The Kier molecular flexibility index (Phi) is 4.66. The molecule has 0 radical (unpaired) electrons. The number of hydrogen-bond acceptors (Lipinski definition) is 4. The zero-order valence-corrected chi connectivity index (χ0v) is 9.42. The monoisotopic (exact) mass is 238 g/mol. The normalized spacial score (nSPS) is 11.9. The molecule has 0 spiro atoms. The molecule has 17 heavy (non-hydrogen) atoms. The number of aldehydes is 1. The minimum Gasteiger partial charge on any atom is -0.497 e. The number of carboxylic acids is 1. The molecule has 0 aliphatic carbocycles. The Morgan fingerprint density at radius 1 is 1.53 bits per heavy atom. The first-order valence-corrected chi connectivity index (χ1v) is 5.11. The van der Waals surface area contributed by atoms with Gasteiger partial charge in [-0.25, -0.2) is 4.79 Å². The molecule has 0 fully saturated rings. The summed E-state index contributed by atoms with van der Waals surface area (Å²) in [5, 5.41) is 18.3. The first-order chi connectivity index (χ1) is 8.10. The molecule has 0 aromatic heterocycles. The molecule has 1 aromatic carbocycles. The van der Waals surface area contributed by atoms with E-state index in [9.17, 15) is 14.7 Å². The molecule has 5 nitrogen and oxygen atoms in total. The Morgan fingerprint density at radius 3 is 2.76 bits per heavy atom. The number of aliphatic hydroxyl groups is 1. The summed E-state index contributed by atoms with van der Waals surface area (Å²) in [6.45, 7) is 0. The van der Waals surface area contributed by atoms with E-state index in [0.29, 0.717) is 23.3 Å². The van der Waals surface area contributed by atoms with E-state index in [2.05, 4.69) is 0 Å². The Balaban J connectivity index is 3.09. The van der Waals surface area contributed by atoms with E-state index in [1.54, 1.807) is 12.1 Å². The second kappa shape index (κ2) is 6.00. The lowest BCUT2D eigenvalue weighted by Gasteiger charge is -2.13. The van der Waals surface area contributed by atoms with Gasteiger partial charge in [0, 0.05) is 6.42 Å². The van der Waals surface area contributed by atoms with Crippen molar-refractivity contribution in [2.24, 2.45) is 0 Å². The number of benzene rings is 1. The highest BCUT2D eigenvalue weighted by molar-refractivity contribution is 5.74. The van der Waals surface area contributed by atoms with Crippen LogP contribution in [0.2, 0.25) is 0 Å². The van der Waals surface area contributed by atoms with Crippen molar-refractivity contribution in [3.05, 3.63) is 29.3 Å². The summed E-state index contributed by atoms with van der Waals surface area (Å²) in [5.74, 6) is -0.755. The molecule has 5 heteroatoms. The van der Waals surface area contributed by atoms with Gasteiger partial charge in [0.25, 0.3) is 0 Å². The fourth-order valence-corrected chi connectivity index (χ4v) is 1.54. The van der Waals surface area contributed by atoms with Gasteiger partial charge < -0.3 is 19.7 Å². The van der Waals surface area contributed by atoms with Crippen LogP contribution in [-0.2, 0) is 16.0 Å². The molecule has 1 unspecified atom stereocenters. The van der Waals surface area contributed by atoms with E-state index in [4.69, 9.17) is 9.84 Å². The topological polar surface area (TPSA) is 83.8 Å². The van der Waals surface area contributed by atoms with Gasteiger partial charge in [-0.1, -0.05) is 6.07 Å². The Hall–Kier alpha value is -1.88. The lowest BCUT2D eigenvalue weighted by molar-refractivity contribution is -0.147. The van der Waals surface area contributed by atoms with Gasteiger partial charge in [-0.2, -0.15) is 0 Å². The van der Waals surface area contributed by atoms with Crippen LogP contribution in [0, 0.1) is 0 Å². The van der Waals surface area contributed by atoms with Crippen molar-refractivity contribution in [1.82, 2.24) is 0 Å². The van der Waals surface area contributed by atoms with Gasteiger partial charge in [-0.05, 0) is 29.7 Å². The van der Waals surface area contributed by atoms with Gasteiger partial charge in [-0.15, -0.1) is 0 Å². The summed E-state index contributed by atoms with van der Waals surface area (Å²) < 4.78 is 5.01. The Morgan fingerprint density at radius 2 is 2.24 bits per heavy atom. The number of carbonyl (C=O) groups excluding carboxylic acids is 1. The number of carboxylic acid groups (broad SMARTS) is 1. The lowest BCUT2D eigenvalue weighted by Crippen LogP contribution is -2.13. The first-order valence-electron chi connectivity index (χ1n) is 5.11. The zero-order valence-electron chi connectivity index (χ0n) is 9.42. The molecule has 0 saturated carbocycles. The summed E-state index contributed by atoms with van der Waals surface area (Å²) >= 11 is 0. The second-order valence-corrected chi connectivity index (χ2v) is 3.51. The standard InChI is InChI=1S/C12H14O5/c1-17-9-4-5-10(11(14)12(15)16)8(7-9)3-2-6-13/h4-7,11,14H,2-3H2,1H3,(H,15,16). The van der Waals surface area contributed by atoms with Crippen LogP contribution in [-0.4, -0.2) is 29.6 Å². The maximum atomic E-state index is 10.7. The molecule has 1 rings (SSSR count). The second-order valence-electron chi connectivity index (χ2n) is 3.51. The largest absolute Gasteiger partial charge is 0.497 e. The van der Waals surface area contributed by atoms with Crippen molar-refractivity contribution in [2.45, 2.75) is 18.9 Å². The number of hydrogen-bond donors (Lipinski definition) is 2. The molecular formula is C12H14O5. The number of rotatable bonds is 6. The van der Waals surface area contributed by atoms with Crippen molar-refractivity contribution in [2.75, 3.05) is 7.11 Å². The average molecular weight is 238 g/mol. The fourth-order valence-electron chi connectivity index (χ4n) is 1.54. The number of aliphatic hydroxyl groups excluding tert-OH is 1. The van der Waals surface area contributed by atoms with Crippen LogP contribution in [0.15, 0.2) is 18.2 Å². The van der Waals surface area contributed by atoms with Crippen molar-refractivity contribution in [3.8, 4) is 5.75 Å². The fraction of sp³-hybridized carbons (Fsp3) is 0.333. The highest BCUT2D eigenvalue weighted by Gasteiger charge is 2.19. The third kappa shape index (κ3) is 3.29. The predicted molar refractivity (Wildman–Crippen MR) is 60.0 cm³/mol. The maximum Gasteiger partial charge on any atom is 0.337 e. The van der Waals surface area contributed by atoms with Gasteiger partial charge in [0.1, 0.15) is 12.0 Å². The van der Waals surface area contributed by atoms with E-state index in [1.165, 1.54) is 13.2 Å². The number of carbonyl (C=O) groups is 2. The predicted octanol–water partition coefficient (Wildman–Crippen LogP) is 0.945. The summed E-state index contributed by atoms with van der Waals surface area (Å²) in [4.78, 5) is 21.1. The molecular weight excluding hydrogens is 224 g/mol. The van der Waals surface area contributed by atoms with Crippen molar-refractivity contribution in [1.29, 1.82) is 0 Å². The number of ether oxygens (including phenoxy) is 1. The highest BCUT2D eigenvalue weighted by atomic mass is 16.5. The molecule has 0 saturated heterocycles. The number of aliphatic carboxylic acids is 1. The molecule has 92 valence electrons. The molecule has 0 heterocycles. The van der Waals surface area contributed by atoms with Crippen LogP contribution in [0.4, 0.5) is 0 Å². The van der Waals surface area contributed by atoms with Gasteiger partial charge in [0.15, 0.2) is 6.10 Å². The quantitative estimate of drug-likeness (QED) is 0.721. The Bertz CT molecular complexity index is 413. The third-order valence-electron chi connectivity index (χ3n) is 2.41. The molecule has 0 bridgehead atoms. The number of methoxy groups -OCH3 is 1. The van der Waals surface area contributed by atoms with Crippen LogP contribution in [0.3, 0.4) is 0 Å². The summed E-state index contributed by atoms with van der Waals surface area (Å²) in [7, 11) is 1.49. The van der Waals surface area contributed by atoms with Crippen LogP contribution < -0.4 is 4.74 Å². The highest BCUT2D eigenvalue weighted by Crippen LogP contribution is 2.24. The summed E-state index contributed by atoms with van der Waals surface area (Å²) in [5.41, 5.74) is 0.895. The van der Waals surface area contributed by atoms with Crippen molar-refractivity contribution >= 4 is 12.3 Å². The maximum absolute atomic E-state index is 10.7. The average Bonchev–Trinajstić information content (AvgIpc) is 2.34. The van der Waals surface area contributed by atoms with E-state index in [-0.39, 0.29) is 6.42 Å². The number of aryl methyl sites for hydroxylation is 1. The minimum atomic E-state index is -1.58. The molecule has 1 aromatic rings. The first kappa shape index (κ1) is 13.2. The zero-order chi connectivity index (χ0) is 12.8. The molecule has 0 amide bonds. The van der Waals surface area contributed by atoms with E-state index >= 15 is 0 Å². The molecule has 1 atom stereocenters. The van der Waals surface area contributed by atoms with E-state index < -0.39 is 12.1 Å². The molecule has 2 N–H and O–H groups in total. The lowest BCUT2D eigenvalue weighted by atomic mass is 9.98. The summed E-state index contributed by atoms with van der Waals surface area (Å²) in [6.07, 6.45) is -0.189. The smallest absolute Gasteiger partial charge is 0.337 e. The van der Waals surface area contributed by atoms with E-state index in [0.717, 1.165) is 6.29 Å². The van der Waals surface area contributed by atoms with E-state index in [1.807, 2.05) is 0 Å².